The summed E-state index contributed by atoms with van der Waals surface area (Å²) in [6.45, 7) is 4.56. The molecule has 0 unspecified atom stereocenters. The lowest BCUT2D eigenvalue weighted by molar-refractivity contribution is 0.479. The molecule has 0 fully saturated rings. The van der Waals surface area contributed by atoms with E-state index in [2.05, 4.69) is 86.6 Å². The summed E-state index contributed by atoms with van der Waals surface area (Å²) in [5, 5.41) is 20.6. The van der Waals surface area contributed by atoms with Gasteiger partial charge in [0, 0.05) is 10.8 Å². The molecule has 7 rings (SSSR count). The molecule has 0 saturated heterocycles. The minimum atomic E-state index is -0.187. The van der Waals surface area contributed by atoms with Crippen LogP contribution in [0.4, 0.5) is 0 Å². The van der Waals surface area contributed by atoms with Gasteiger partial charge in [-0.05, 0) is 78.2 Å². The Morgan fingerprint density at radius 2 is 0.969 bits per heavy atom. The van der Waals surface area contributed by atoms with Gasteiger partial charge in [-0.15, -0.1) is 0 Å². The maximum Gasteiger partial charge on any atom is 0.123 e. The molecule has 1 N–H and O–H groups in total. The van der Waals surface area contributed by atoms with E-state index in [9.17, 15) is 5.11 Å². The second kappa shape index (κ2) is 5.89. The molecule has 0 bridgehead atoms. The van der Waals surface area contributed by atoms with E-state index in [-0.39, 0.29) is 5.41 Å². The Bertz CT molecular complexity index is 1750. The van der Waals surface area contributed by atoms with E-state index in [4.69, 9.17) is 0 Å². The molecule has 0 radical (unpaired) electrons. The summed E-state index contributed by atoms with van der Waals surface area (Å²) in [7, 11) is 0. The molecule has 0 heterocycles. The minimum Gasteiger partial charge on any atom is -0.507 e. The number of phenolic OH excluding ortho intramolecular Hbond substituents is 1. The van der Waals surface area contributed by atoms with Gasteiger partial charge in [0.1, 0.15) is 5.75 Å². The number of aromatic hydroxyl groups is 1. The van der Waals surface area contributed by atoms with Gasteiger partial charge < -0.3 is 5.11 Å². The van der Waals surface area contributed by atoms with Gasteiger partial charge in [-0.25, -0.2) is 0 Å². The summed E-state index contributed by atoms with van der Waals surface area (Å²) in [6.07, 6.45) is 0. The number of benzene rings is 6. The fraction of sp³-hybridized carbons (Fsp3) is 0.0968. The van der Waals surface area contributed by atoms with Gasteiger partial charge in [0.15, 0.2) is 0 Å². The molecule has 0 aromatic heterocycles. The van der Waals surface area contributed by atoms with Crippen LogP contribution in [0, 0.1) is 0 Å². The molecule has 0 aliphatic heterocycles. The molecule has 1 heteroatoms. The van der Waals surface area contributed by atoms with Crippen LogP contribution in [-0.2, 0) is 5.41 Å². The van der Waals surface area contributed by atoms with Gasteiger partial charge >= 0.3 is 0 Å². The highest BCUT2D eigenvalue weighted by atomic mass is 16.3. The Hall–Kier alpha value is -3.84. The highest BCUT2D eigenvalue weighted by Crippen LogP contribution is 2.54. The van der Waals surface area contributed by atoms with Crippen molar-refractivity contribution in [2.75, 3.05) is 0 Å². The summed E-state index contributed by atoms with van der Waals surface area (Å²) in [6, 6.07) is 32.5. The van der Waals surface area contributed by atoms with E-state index in [1.807, 2.05) is 18.2 Å². The van der Waals surface area contributed by atoms with E-state index in [1.165, 1.54) is 54.6 Å². The first-order chi connectivity index (χ1) is 15.6. The van der Waals surface area contributed by atoms with Crippen LogP contribution in [0.5, 0.6) is 5.75 Å². The minimum absolute atomic E-state index is 0.187. The number of hydrogen-bond acceptors (Lipinski definition) is 1. The molecule has 1 aliphatic carbocycles. The van der Waals surface area contributed by atoms with Crippen molar-refractivity contribution in [3.63, 3.8) is 0 Å². The molecular weight excluding hydrogens is 388 g/mol. The third kappa shape index (κ3) is 2.08. The van der Waals surface area contributed by atoms with Crippen molar-refractivity contribution in [3.8, 4) is 16.9 Å². The normalized spacial score (nSPS) is 14.3. The Kier molecular flexibility index (Phi) is 3.28. The molecule has 1 aliphatic rings. The SMILES string of the molecule is CC1(C)c2cc3c4ccccc4c4ccccc4c3cc2-c2c1cc(O)c1ccccc21. The van der Waals surface area contributed by atoms with E-state index in [0.717, 1.165) is 10.8 Å². The smallest absolute Gasteiger partial charge is 0.123 e. The van der Waals surface area contributed by atoms with Crippen molar-refractivity contribution in [1.82, 2.24) is 0 Å². The monoisotopic (exact) mass is 410 g/mol. The zero-order chi connectivity index (χ0) is 21.6. The molecule has 0 spiro atoms. The van der Waals surface area contributed by atoms with E-state index < -0.39 is 0 Å². The summed E-state index contributed by atoms with van der Waals surface area (Å²) in [4.78, 5) is 0. The second-order valence-corrected chi connectivity index (χ2v) is 9.52. The first-order valence-electron chi connectivity index (χ1n) is 11.2. The molecule has 32 heavy (non-hydrogen) atoms. The van der Waals surface area contributed by atoms with Gasteiger partial charge in [0.25, 0.3) is 0 Å². The van der Waals surface area contributed by atoms with Gasteiger partial charge in [-0.3, -0.25) is 0 Å². The Morgan fingerprint density at radius 3 is 1.56 bits per heavy atom. The van der Waals surface area contributed by atoms with Gasteiger partial charge in [0.2, 0.25) is 0 Å². The number of phenols is 1. The van der Waals surface area contributed by atoms with Gasteiger partial charge in [0.05, 0.1) is 0 Å². The topological polar surface area (TPSA) is 20.2 Å². The Labute approximate surface area is 186 Å². The van der Waals surface area contributed by atoms with E-state index in [0.29, 0.717) is 5.75 Å². The molecule has 0 saturated carbocycles. The third-order valence-corrected chi connectivity index (χ3v) is 7.52. The number of rotatable bonds is 0. The van der Waals surface area contributed by atoms with Crippen LogP contribution in [0.3, 0.4) is 0 Å². The summed E-state index contributed by atoms with van der Waals surface area (Å²) >= 11 is 0. The lowest BCUT2D eigenvalue weighted by atomic mass is 9.81. The van der Waals surface area contributed by atoms with Crippen LogP contribution >= 0.6 is 0 Å². The number of fused-ring (bicyclic) bond motifs is 11. The first-order valence-corrected chi connectivity index (χ1v) is 11.2. The van der Waals surface area contributed by atoms with Crippen LogP contribution in [-0.4, -0.2) is 5.11 Å². The van der Waals surface area contributed by atoms with Crippen LogP contribution in [0.1, 0.15) is 25.0 Å². The van der Waals surface area contributed by atoms with Crippen LogP contribution in [0.25, 0.3) is 54.2 Å². The van der Waals surface area contributed by atoms with Crippen molar-refractivity contribution in [1.29, 1.82) is 0 Å². The van der Waals surface area contributed by atoms with Crippen molar-refractivity contribution in [3.05, 3.63) is 102 Å². The predicted octanol–water partition coefficient (Wildman–Crippen LogP) is 8.31. The predicted molar refractivity (Wildman–Crippen MR) is 136 cm³/mol. The summed E-state index contributed by atoms with van der Waals surface area (Å²) in [5.74, 6) is 0.362. The average molecular weight is 411 g/mol. The average Bonchev–Trinajstić information content (AvgIpc) is 3.05. The molecule has 0 atom stereocenters. The lowest BCUT2D eigenvalue weighted by Crippen LogP contribution is -2.15. The highest BCUT2D eigenvalue weighted by molar-refractivity contribution is 6.26. The maximum atomic E-state index is 10.8. The second-order valence-electron chi connectivity index (χ2n) is 9.52. The van der Waals surface area contributed by atoms with Crippen LogP contribution in [0.15, 0.2) is 91.0 Å². The third-order valence-electron chi connectivity index (χ3n) is 7.52. The summed E-state index contributed by atoms with van der Waals surface area (Å²) in [5.41, 5.74) is 4.89. The van der Waals surface area contributed by atoms with Gasteiger partial charge in [-0.2, -0.15) is 0 Å². The highest BCUT2D eigenvalue weighted by Gasteiger charge is 2.37. The molecule has 152 valence electrons. The summed E-state index contributed by atoms with van der Waals surface area (Å²) < 4.78 is 0. The van der Waals surface area contributed by atoms with Crippen molar-refractivity contribution in [2.24, 2.45) is 0 Å². The van der Waals surface area contributed by atoms with Crippen molar-refractivity contribution >= 4 is 43.1 Å². The fourth-order valence-corrected chi connectivity index (χ4v) is 5.96. The lowest BCUT2D eigenvalue weighted by Gasteiger charge is -2.22. The molecule has 6 aromatic carbocycles. The fourth-order valence-electron chi connectivity index (χ4n) is 5.96. The molecule has 0 amide bonds. The van der Waals surface area contributed by atoms with E-state index in [1.54, 1.807) is 0 Å². The van der Waals surface area contributed by atoms with Crippen LogP contribution < -0.4 is 0 Å². The molecule has 6 aromatic rings. The maximum absolute atomic E-state index is 10.8. The van der Waals surface area contributed by atoms with Crippen molar-refractivity contribution in [2.45, 2.75) is 19.3 Å². The van der Waals surface area contributed by atoms with Gasteiger partial charge in [-0.1, -0.05) is 86.6 Å². The quantitative estimate of drug-likeness (QED) is 0.250. The Morgan fingerprint density at radius 1 is 0.500 bits per heavy atom. The largest absolute Gasteiger partial charge is 0.507 e. The standard InChI is InChI=1S/C31H22O/c1-31(2)27-16-25-21-12-6-4-10-19(21)18-9-3-5-11-20(18)24(25)15-26(27)30-23-14-8-7-13-22(23)29(32)17-28(30)31/h3-17,32H,1-2H3. The Balaban J connectivity index is 1.73. The zero-order valence-corrected chi connectivity index (χ0v) is 18.1. The number of hydrogen-bond donors (Lipinski definition) is 1. The zero-order valence-electron chi connectivity index (χ0n) is 18.1. The molecular formula is C31H22O. The van der Waals surface area contributed by atoms with E-state index >= 15 is 0 Å². The first kappa shape index (κ1) is 17.8. The van der Waals surface area contributed by atoms with Crippen molar-refractivity contribution < 1.29 is 5.11 Å². The van der Waals surface area contributed by atoms with Crippen LogP contribution in [0.2, 0.25) is 0 Å². The molecule has 1 nitrogen and oxygen atoms in total.